The first-order chi connectivity index (χ1) is 6.70. The van der Waals surface area contributed by atoms with Crippen molar-refractivity contribution in [1.29, 1.82) is 0 Å². The second-order valence-corrected chi connectivity index (χ2v) is 3.01. The number of anilines is 1. The molecule has 0 aromatic carbocycles. The van der Waals surface area contributed by atoms with E-state index in [2.05, 4.69) is 15.7 Å². The minimum absolute atomic E-state index is 0.616. The van der Waals surface area contributed by atoms with E-state index in [1.165, 1.54) is 5.56 Å². The van der Waals surface area contributed by atoms with Crippen molar-refractivity contribution in [3.63, 3.8) is 0 Å². The summed E-state index contributed by atoms with van der Waals surface area (Å²) in [6.45, 7) is 6.04. The molecule has 3 nitrogen and oxygen atoms in total. The zero-order valence-corrected chi connectivity index (χ0v) is 9.20. The van der Waals surface area contributed by atoms with Gasteiger partial charge >= 0.3 is 0 Å². The maximum Gasteiger partial charge on any atom is 0.133 e. The van der Waals surface area contributed by atoms with Gasteiger partial charge in [0.15, 0.2) is 0 Å². The molecular formula is C11H17N3. The lowest BCUT2D eigenvalue weighted by molar-refractivity contribution is 0.963. The molecule has 0 atom stereocenters. The molecule has 0 saturated carbocycles. The first kappa shape index (κ1) is 10.6. The summed E-state index contributed by atoms with van der Waals surface area (Å²) in [4.78, 5) is 4.05. The highest BCUT2D eigenvalue weighted by Gasteiger charge is 2.05. The van der Waals surface area contributed by atoms with Gasteiger partial charge in [-0.3, -0.25) is 0 Å². The third kappa shape index (κ3) is 1.58. The van der Waals surface area contributed by atoms with Crippen LogP contribution in [0, 0.1) is 6.92 Å². The predicted molar refractivity (Wildman–Crippen MR) is 61.2 cm³/mol. The summed E-state index contributed by atoms with van der Waals surface area (Å²) in [6.07, 6.45) is 3.79. The van der Waals surface area contributed by atoms with Crippen molar-refractivity contribution < 1.29 is 0 Å². The third-order valence-electron chi connectivity index (χ3n) is 2.12. The molecule has 0 unspecified atom stereocenters. The molecule has 0 amide bonds. The Kier molecular flexibility index (Phi) is 3.12. The number of nitrogens with two attached hydrogens (primary N) is 1. The number of hydrogen-bond donors (Lipinski definition) is 1. The van der Waals surface area contributed by atoms with Crippen LogP contribution in [0.2, 0.25) is 0 Å². The summed E-state index contributed by atoms with van der Waals surface area (Å²) >= 11 is 0. The summed E-state index contributed by atoms with van der Waals surface area (Å²) in [5, 5.41) is 1.07. The molecule has 0 aliphatic rings. The van der Waals surface area contributed by atoms with Crippen molar-refractivity contribution >= 4 is 16.7 Å². The standard InChI is InChI=1S/C9H11N3.C2H6/c1-6-5-12(2)7-3-4-11-9(10)8(6)7;1-2/h3-5H,1-2H3,(H2,10,11);1-2H3. The second kappa shape index (κ2) is 4.13. The molecule has 76 valence electrons. The molecule has 2 aromatic rings. The lowest BCUT2D eigenvalue weighted by Crippen LogP contribution is -1.91. The van der Waals surface area contributed by atoms with Crippen LogP contribution in [0.25, 0.3) is 10.9 Å². The number of fused-ring (bicyclic) bond motifs is 1. The largest absolute Gasteiger partial charge is 0.383 e. The van der Waals surface area contributed by atoms with Crippen LogP contribution in [0.1, 0.15) is 19.4 Å². The topological polar surface area (TPSA) is 43.8 Å². The molecule has 2 N–H and O–H groups in total. The molecule has 2 aromatic heterocycles. The fourth-order valence-corrected chi connectivity index (χ4v) is 1.59. The van der Waals surface area contributed by atoms with Crippen LogP contribution in [0.15, 0.2) is 18.5 Å². The van der Waals surface area contributed by atoms with E-state index in [4.69, 9.17) is 5.73 Å². The summed E-state index contributed by atoms with van der Waals surface area (Å²) in [6, 6.07) is 1.97. The van der Waals surface area contributed by atoms with E-state index >= 15 is 0 Å². The Morgan fingerprint density at radius 1 is 1.36 bits per heavy atom. The quantitative estimate of drug-likeness (QED) is 0.695. The minimum Gasteiger partial charge on any atom is -0.383 e. The summed E-state index contributed by atoms with van der Waals surface area (Å²) in [5.74, 6) is 0.616. The summed E-state index contributed by atoms with van der Waals surface area (Å²) < 4.78 is 2.06. The Balaban J connectivity index is 0.000000461. The number of hydrogen-bond acceptors (Lipinski definition) is 2. The van der Waals surface area contributed by atoms with Crippen LogP contribution in [-0.4, -0.2) is 9.55 Å². The highest BCUT2D eigenvalue weighted by atomic mass is 14.9. The number of aryl methyl sites for hydroxylation is 2. The fourth-order valence-electron chi connectivity index (χ4n) is 1.59. The minimum atomic E-state index is 0.616. The van der Waals surface area contributed by atoms with E-state index < -0.39 is 0 Å². The van der Waals surface area contributed by atoms with Crippen LogP contribution in [0.4, 0.5) is 5.82 Å². The number of nitrogens with zero attached hydrogens (tertiary/aromatic N) is 2. The maximum absolute atomic E-state index is 5.75. The molecule has 14 heavy (non-hydrogen) atoms. The van der Waals surface area contributed by atoms with E-state index in [1.807, 2.05) is 33.9 Å². The van der Waals surface area contributed by atoms with Gasteiger partial charge in [-0.05, 0) is 18.6 Å². The number of pyridine rings is 1. The van der Waals surface area contributed by atoms with Crippen molar-refractivity contribution in [3.05, 3.63) is 24.0 Å². The molecule has 0 aliphatic heterocycles. The van der Waals surface area contributed by atoms with Gasteiger partial charge in [-0.25, -0.2) is 4.98 Å². The highest BCUT2D eigenvalue weighted by molar-refractivity contribution is 5.92. The van der Waals surface area contributed by atoms with Gasteiger partial charge in [0.25, 0.3) is 0 Å². The molecule has 2 heterocycles. The van der Waals surface area contributed by atoms with Gasteiger partial charge in [-0.15, -0.1) is 0 Å². The summed E-state index contributed by atoms with van der Waals surface area (Å²) in [5.41, 5.74) is 8.06. The molecule has 0 bridgehead atoms. The molecule has 2 rings (SSSR count). The highest BCUT2D eigenvalue weighted by Crippen LogP contribution is 2.23. The van der Waals surface area contributed by atoms with E-state index in [9.17, 15) is 0 Å². The SMILES string of the molecule is CC.Cc1cn(C)c2ccnc(N)c12. The molecule has 0 saturated heterocycles. The zero-order valence-electron chi connectivity index (χ0n) is 9.20. The van der Waals surface area contributed by atoms with Crippen molar-refractivity contribution in [1.82, 2.24) is 9.55 Å². The molecule has 0 fully saturated rings. The van der Waals surface area contributed by atoms with Gasteiger partial charge in [-0.1, -0.05) is 13.8 Å². The zero-order chi connectivity index (χ0) is 10.7. The third-order valence-corrected chi connectivity index (χ3v) is 2.12. The first-order valence-electron chi connectivity index (χ1n) is 4.86. The van der Waals surface area contributed by atoms with Gasteiger partial charge in [0.1, 0.15) is 5.82 Å². The van der Waals surface area contributed by atoms with Gasteiger partial charge in [0, 0.05) is 24.8 Å². The average molecular weight is 191 g/mol. The molecule has 0 aliphatic carbocycles. The Bertz CT molecular complexity index is 429. The number of rotatable bonds is 0. The van der Waals surface area contributed by atoms with Gasteiger partial charge in [-0.2, -0.15) is 0 Å². The van der Waals surface area contributed by atoms with Gasteiger partial charge in [0.05, 0.1) is 5.52 Å². The maximum atomic E-state index is 5.75. The Morgan fingerprint density at radius 2 is 2.00 bits per heavy atom. The smallest absolute Gasteiger partial charge is 0.133 e. The number of nitrogen functional groups attached to an aromatic ring is 1. The Hall–Kier alpha value is -1.51. The monoisotopic (exact) mass is 191 g/mol. The average Bonchev–Trinajstić information content (AvgIpc) is 2.47. The van der Waals surface area contributed by atoms with Crippen molar-refractivity contribution in [3.8, 4) is 0 Å². The normalized spacial score (nSPS) is 9.71. The summed E-state index contributed by atoms with van der Waals surface area (Å²) in [7, 11) is 2.01. The Morgan fingerprint density at radius 3 is 2.57 bits per heavy atom. The van der Waals surface area contributed by atoms with Crippen LogP contribution in [0.5, 0.6) is 0 Å². The number of aromatic nitrogens is 2. The van der Waals surface area contributed by atoms with E-state index in [0.717, 1.165) is 10.9 Å². The molecular weight excluding hydrogens is 174 g/mol. The van der Waals surface area contributed by atoms with Crippen LogP contribution >= 0.6 is 0 Å². The van der Waals surface area contributed by atoms with Crippen molar-refractivity contribution in [2.45, 2.75) is 20.8 Å². The van der Waals surface area contributed by atoms with Gasteiger partial charge < -0.3 is 10.3 Å². The first-order valence-corrected chi connectivity index (χ1v) is 4.86. The Labute approximate surface area is 84.6 Å². The molecule has 0 radical (unpaired) electrons. The second-order valence-electron chi connectivity index (χ2n) is 3.01. The molecule has 0 spiro atoms. The fraction of sp³-hybridized carbons (Fsp3) is 0.364. The lowest BCUT2D eigenvalue weighted by atomic mass is 10.2. The van der Waals surface area contributed by atoms with Crippen LogP contribution in [0.3, 0.4) is 0 Å². The van der Waals surface area contributed by atoms with Crippen LogP contribution < -0.4 is 5.73 Å². The molecule has 3 heteroatoms. The van der Waals surface area contributed by atoms with Crippen LogP contribution in [-0.2, 0) is 7.05 Å². The van der Waals surface area contributed by atoms with Crippen molar-refractivity contribution in [2.75, 3.05) is 5.73 Å². The van der Waals surface area contributed by atoms with E-state index in [1.54, 1.807) is 6.20 Å². The van der Waals surface area contributed by atoms with Crippen molar-refractivity contribution in [2.24, 2.45) is 7.05 Å². The van der Waals surface area contributed by atoms with E-state index in [-0.39, 0.29) is 0 Å². The van der Waals surface area contributed by atoms with E-state index in [0.29, 0.717) is 5.82 Å². The van der Waals surface area contributed by atoms with Gasteiger partial charge in [0.2, 0.25) is 0 Å². The predicted octanol–water partition coefficient (Wildman–Crippen LogP) is 2.49. The lowest BCUT2D eigenvalue weighted by Gasteiger charge is -1.97.